The molecule has 0 aliphatic carbocycles. The van der Waals surface area contributed by atoms with Crippen molar-refractivity contribution in [3.05, 3.63) is 65.3 Å². The zero-order chi connectivity index (χ0) is 26.5. The molecule has 1 aliphatic rings. The van der Waals surface area contributed by atoms with Crippen molar-refractivity contribution in [1.29, 1.82) is 0 Å². The molecule has 37 heavy (non-hydrogen) atoms. The summed E-state index contributed by atoms with van der Waals surface area (Å²) in [5.74, 6) is -0.801. The van der Waals surface area contributed by atoms with Gasteiger partial charge in [0, 0.05) is 42.5 Å². The molecule has 1 N–H and O–H groups in total. The van der Waals surface area contributed by atoms with Crippen LogP contribution in [0.3, 0.4) is 0 Å². The second-order valence-electron chi connectivity index (χ2n) is 8.82. The van der Waals surface area contributed by atoms with Crippen molar-refractivity contribution in [2.24, 2.45) is 0 Å². The summed E-state index contributed by atoms with van der Waals surface area (Å²) in [6.45, 7) is 2.33. The van der Waals surface area contributed by atoms with Crippen LogP contribution in [-0.2, 0) is 20.0 Å². The lowest BCUT2D eigenvalue weighted by molar-refractivity contribution is 0.480. The van der Waals surface area contributed by atoms with E-state index in [-0.39, 0.29) is 45.4 Å². The number of rotatable bonds is 6. The fourth-order valence-corrected chi connectivity index (χ4v) is 6.55. The smallest absolute Gasteiger partial charge is 0.269 e. The standard InChI is InChI=1S/C23H22ClFN6O4S2/c1-14-3-5-17(6-4-14)37(34,35)31-13-19(18-9-15(24)10-27-23(18)31)21-26-11-20(25)22(29-21)28-16-7-8-30(12-16)36(2,32)33/h3-6,9-11,13,16H,7-8,12H2,1-2H3,(H,26,28,29). The van der Waals surface area contributed by atoms with E-state index in [1.807, 2.05) is 6.92 Å². The summed E-state index contributed by atoms with van der Waals surface area (Å²) in [4.78, 5) is 12.7. The number of nitrogens with zero attached hydrogens (tertiary/aromatic N) is 5. The molecule has 3 aromatic heterocycles. The summed E-state index contributed by atoms with van der Waals surface area (Å²) >= 11 is 6.17. The third-order valence-corrected chi connectivity index (χ3v) is 9.24. The number of anilines is 1. The number of pyridine rings is 1. The molecule has 1 aliphatic heterocycles. The van der Waals surface area contributed by atoms with Gasteiger partial charge in [0.2, 0.25) is 10.0 Å². The van der Waals surface area contributed by atoms with E-state index in [4.69, 9.17) is 11.6 Å². The topological polar surface area (TPSA) is 127 Å². The minimum atomic E-state index is -4.04. The summed E-state index contributed by atoms with van der Waals surface area (Å²) in [6, 6.07) is 7.58. The second kappa shape index (κ2) is 9.31. The Kier molecular flexibility index (Phi) is 6.42. The van der Waals surface area contributed by atoms with Gasteiger partial charge in [-0.3, -0.25) is 0 Å². The number of nitrogens with one attached hydrogen (secondary N) is 1. The number of hydrogen-bond acceptors (Lipinski definition) is 8. The zero-order valence-corrected chi connectivity index (χ0v) is 22.1. The fourth-order valence-electron chi connectivity index (χ4n) is 4.18. The maximum absolute atomic E-state index is 14.6. The molecule has 1 fully saturated rings. The van der Waals surface area contributed by atoms with Crippen LogP contribution in [0.25, 0.3) is 22.4 Å². The van der Waals surface area contributed by atoms with E-state index in [2.05, 4.69) is 20.3 Å². The van der Waals surface area contributed by atoms with Crippen molar-refractivity contribution in [1.82, 2.24) is 23.2 Å². The second-order valence-corrected chi connectivity index (χ2v) is 13.1. The molecule has 1 saturated heterocycles. The van der Waals surface area contributed by atoms with Gasteiger partial charge in [0.05, 0.1) is 22.4 Å². The number of benzene rings is 1. The molecule has 1 unspecified atom stereocenters. The molecule has 4 aromatic rings. The molecule has 0 spiro atoms. The van der Waals surface area contributed by atoms with Crippen LogP contribution in [0.5, 0.6) is 0 Å². The number of aryl methyl sites for hydroxylation is 1. The van der Waals surface area contributed by atoms with Crippen LogP contribution in [0.1, 0.15) is 12.0 Å². The van der Waals surface area contributed by atoms with Crippen LogP contribution in [-0.4, -0.2) is 65.5 Å². The van der Waals surface area contributed by atoms with Gasteiger partial charge in [0.15, 0.2) is 23.1 Å². The van der Waals surface area contributed by atoms with E-state index in [0.29, 0.717) is 18.4 Å². The van der Waals surface area contributed by atoms with Crippen LogP contribution < -0.4 is 5.32 Å². The minimum absolute atomic E-state index is 0.0498. The first kappa shape index (κ1) is 25.5. The SMILES string of the molecule is Cc1ccc(S(=O)(=O)n2cc(-c3ncc(F)c(NC4CCN(S(C)(=O)=O)C4)n3)c3cc(Cl)cnc32)cc1. The predicted molar refractivity (Wildman–Crippen MR) is 138 cm³/mol. The Labute approximate surface area is 218 Å². The molecule has 0 amide bonds. The molecule has 0 radical (unpaired) electrons. The highest BCUT2D eigenvalue weighted by Gasteiger charge is 2.30. The molecule has 10 nitrogen and oxygen atoms in total. The minimum Gasteiger partial charge on any atom is -0.363 e. The average molecular weight is 565 g/mol. The number of halogens is 2. The van der Waals surface area contributed by atoms with Crippen molar-refractivity contribution in [2.75, 3.05) is 24.7 Å². The predicted octanol–water partition coefficient (Wildman–Crippen LogP) is 3.28. The lowest BCUT2D eigenvalue weighted by Crippen LogP contribution is -2.31. The Morgan fingerprint density at radius 2 is 1.84 bits per heavy atom. The fraction of sp³-hybridized carbons (Fsp3) is 0.261. The zero-order valence-electron chi connectivity index (χ0n) is 19.8. The molecule has 1 atom stereocenters. The van der Waals surface area contributed by atoms with E-state index < -0.39 is 25.9 Å². The highest BCUT2D eigenvalue weighted by atomic mass is 35.5. The van der Waals surface area contributed by atoms with Gasteiger partial charge in [-0.25, -0.2) is 44.5 Å². The highest BCUT2D eigenvalue weighted by molar-refractivity contribution is 7.90. The lowest BCUT2D eigenvalue weighted by atomic mass is 10.2. The number of sulfonamides is 1. The normalized spacial score (nSPS) is 16.9. The number of aromatic nitrogens is 4. The van der Waals surface area contributed by atoms with Crippen molar-refractivity contribution in [3.63, 3.8) is 0 Å². The quantitative estimate of drug-likeness (QED) is 0.378. The number of hydrogen-bond donors (Lipinski definition) is 1. The maximum atomic E-state index is 14.6. The first-order valence-electron chi connectivity index (χ1n) is 11.2. The summed E-state index contributed by atoms with van der Waals surface area (Å²) in [7, 11) is -7.40. The molecule has 4 heterocycles. The molecular weight excluding hydrogens is 543 g/mol. The third kappa shape index (κ3) is 4.91. The molecular formula is C23H22ClFN6O4S2. The van der Waals surface area contributed by atoms with E-state index in [1.54, 1.807) is 18.2 Å². The Morgan fingerprint density at radius 3 is 2.51 bits per heavy atom. The summed E-state index contributed by atoms with van der Waals surface area (Å²) < 4.78 is 67.6. The van der Waals surface area contributed by atoms with Crippen molar-refractivity contribution in [2.45, 2.75) is 24.3 Å². The molecule has 194 valence electrons. The molecule has 1 aromatic carbocycles. The van der Waals surface area contributed by atoms with Gasteiger partial charge >= 0.3 is 0 Å². The van der Waals surface area contributed by atoms with Gasteiger partial charge in [-0.2, -0.15) is 0 Å². The molecule has 0 saturated carbocycles. The summed E-state index contributed by atoms with van der Waals surface area (Å²) in [5, 5.41) is 3.59. The van der Waals surface area contributed by atoms with Crippen molar-refractivity contribution < 1.29 is 21.2 Å². The summed E-state index contributed by atoms with van der Waals surface area (Å²) in [5.41, 5.74) is 1.30. The van der Waals surface area contributed by atoms with Gasteiger partial charge in [-0.1, -0.05) is 29.3 Å². The van der Waals surface area contributed by atoms with E-state index in [1.165, 1.54) is 28.8 Å². The summed E-state index contributed by atoms with van der Waals surface area (Å²) in [6.07, 6.45) is 5.24. The Balaban J connectivity index is 1.57. The van der Waals surface area contributed by atoms with Crippen LogP contribution in [0, 0.1) is 12.7 Å². The van der Waals surface area contributed by atoms with Crippen molar-refractivity contribution in [3.8, 4) is 11.4 Å². The lowest BCUT2D eigenvalue weighted by Gasteiger charge is -2.15. The Morgan fingerprint density at radius 1 is 1.11 bits per heavy atom. The van der Waals surface area contributed by atoms with Crippen molar-refractivity contribution >= 4 is 48.5 Å². The average Bonchev–Trinajstić information content (AvgIpc) is 3.46. The highest BCUT2D eigenvalue weighted by Crippen LogP contribution is 2.33. The largest absolute Gasteiger partial charge is 0.363 e. The first-order valence-corrected chi connectivity index (χ1v) is 14.8. The molecule has 5 rings (SSSR count). The van der Waals surface area contributed by atoms with Crippen LogP contribution >= 0.6 is 11.6 Å². The van der Waals surface area contributed by atoms with Crippen LogP contribution in [0.2, 0.25) is 5.02 Å². The Hall–Kier alpha value is -3.13. The molecule has 0 bridgehead atoms. The monoisotopic (exact) mass is 564 g/mol. The van der Waals surface area contributed by atoms with Gasteiger partial charge < -0.3 is 5.32 Å². The molecule has 14 heteroatoms. The van der Waals surface area contributed by atoms with Gasteiger partial charge in [0.25, 0.3) is 10.0 Å². The maximum Gasteiger partial charge on any atom is 0.269 e. The number of fused-ring (bicyclic) bond motifs is 1. The first-order chi connectivity index (χ1) is 17.4. The van der Waals surface area contributed by atoms with Gasteiger partial charge in [-0.15, -0.1) is 0 Å². The van der Waals surface area contributed by atoms with Gasteiger partial charge in [-0.05, 0) is 31.5 Å². The third-order valence-electron chi connectivity index (χ3n) is 6.10. The van der Waals surface area contributed by atoms with E-state index >= 15 is 0 Å². The van der Waals surface area contributed by atoms with Crippen LogP contribution in [0.15, 0.2) is 53.8 Å². The van der Waals surface area contributed by atoms with E-state index in [0.717, 1.165) is 22.0 Å². The van der Waals surface area contributed by atoms with Gasteiger partial charge in [0.1, 0.15) is 0 Å². The van der Waals surface area contributed by atoms with E-state index in [9.17, 15) is 21.2 Å². The van der Waals surface area contributed by atoms with Crippen LogP contribution in [0.4, 0.5) is 10.2 Å². The Bertz CT molecular complexity index is 1730.